The van der Waals surface area contributed by atoms with Crippen LogP contribution >= 0.6 is 0 Å². The van der Waals surface area contributed by atoms with Gasteiger partial charge in [-0.15, -0.1) is 5.06 Å². The SMILES string of the molecule is CCC1(CC)CCN(OC(=O)CC(=O)O)CC1. The molecule has 17 heavy (non-hydrogen) atoms. The molecule has 0 unspecified atom stereocenters. The summed E-state index contributed by atoms with van der Waals surface area (Å²) >= 11 is 0. The number of hydroxylamine groups is 2. The van der Waals surface area contributed by atoms with Crippen molar-refractivity contribution < 1.29 is 19.5 Å². The average molecular weight is 243 g/mol. The molecule has 0 spiro atoms. The number of carboxylic acids is 1. The summed E-state index contributed by atoms with van der Waals surface area (Å²) in [6, 6.07) is 0. The van der Waals surface area contributed by atoms with Gasteiger partial charge < -0.3 is 9.94 Å². The lowest BCUT2D eigenvalue weighted by Gasteiger charge is -2.39. The molecule has 0 atom stereocenters. The molecule has 5 heteroatoms. The number of carbonyl (C=O) groups excluding carboxylic acids is 1. The van der Waals surface area contributed by atoms with Crippen LogP contribution < -0.4 is 0 Å². The van der Waals surface area contributed by atoms with Crippen molar-refractivity contribution in [1.29, 1.82) is 0 Å². The van der Waals surface area contributed by atoms with Gasteiger partial charge in [0.25, 0.3) is 0 Å². The quantitative estimate of drug-likeness (QED) is 0.746. The fourth-order valence-electron chi connectivity index (χ4n) is 2.31. The molecular formula is C12H21NO4. The Morgan fingerprint density at radius 3 is 2.18 bits per heavy atom. The predicted molar refractivity (Wildman–Crippen MR) is 62.2 cm³/mol. The molecule has 0 bridgehead atoms. The number of piperidine rings is 1. The first-order valence-corrected chi connectivity index (χ1v) is 6.19. The summed E-state index contributed by atoms with van der Waals surface area (Å²) in [5.74, 6) is -1.83. The molecule has 0 aliphatic carbocycles. The lowest BCUT2D eigenvalue weighted by Crippen LogP contribution is -2.40. The van der Waals surface area contributed by atoms with Gasteiger partial charge in [0.2, 0.25) is 0 Å². The molecule has 1 rings (SSSR count). The van der Waals surface area contributed by atoms with Crippen molar-refractivity contribution >= 4 is 11.9 Å². The molecule has 0 aromatic carbocycles. The molecule has 0 aromatic heterocycles. The minimum atomic E-state index is -1.15. The number of nitrogens with zero attached hydrogens (tertiary/aromatic N) is 1. The van der Waals surface area contributed by atoms with Gasteiger partial charge in [-0.1, -0.05) is 26.7 Å². The molecule has 1 fully saturated rings. The van der Waals surface area contributed by atoms with Gasteiger partial charge in [-0.25, -0.2) is 4.79 Å². The third-order valence-corrected chi connectivity index (χ3v) is 3.81. The first kappa shape index (κ1) is 14.0. The van der Waals surface area contributed by atoms with E-state index in [4.69, 9.17) is 9.94 Å². The molecular weight excluding hydrogens is 222 g/mol. The topological polar surface area (TPSA) is 66.8 Å². The van der Waals surface area contributed by atoms with E-state index in [1.807, 2.05) is 0 Å². The molecule has 98 valence electrons. The van der Waals surface area contributed by atoms with Crippen molar-refractivity contribution in [1.82, 2.24) is 5.06 Å². The van der Waals surface area contributed by atoms with Gasteiger partial charge in [-0.05, 0) is 18.3 Å². The largest absolute Gasteiger partial charge is 0.481 e. The van der Waals surface area contributed by atoms with E-state index in [-0.39, 0.29) is 0 Å². The summed E-state index contributed by atoms with van der Waals surface area (Å²) in [5.41, 5.74) is 0.371. The lowest BCUT2D eigenvalue weighted by atomic mass is 9.74. The number of carbonyl (C=O) groups is 2. The van der Waals surface area contributed by atoms with Gasteiger partial charge in [0.1, 0.15) is 6.42 Å². The Kier molecular flexibility index (Phi) is 4.93. The highest BCUT2D eigenvalue weighted by Crippen LogP contribution is 2.37. The van der Waals surface area contributed by atoms with Crippen LogP contribution in [0.1, 0.15) is 46.0 Å². The normalized spacial score (nSPS) is 19.9. The van der Waals surface area contributed by atoms with Crippen molar-refractivity contribution in [2.75, 3.05) is 13.1 Å². The lowest BCUT2D eigenvalue weighted by molar-refractivity contribution is -0.201. The Bertz CT molecular complexity index is 276. The van der Waals surface area contributed by atoms with Crippen LogP contribution in [0, 0.1) is 5.41 Å². The number of aliphatic carboxylic acids is 1. The smallest absolute Gasteiger partial charge is 0.336 e. The highest BCUT2D eigenvalue weighted by molar-refractivity contribution is 5.89. The van der Waals surface area contributed by atoms with Crippen LogP contribution in [0.25, 0.3) is 0 Å². The van der Waals surface area contributed by atoms with Crippen LogP contribution in [0.2, 0.25) is 0 Å². The van der Waals surface area contributed by atoms with E-state index >= 15 is 0 Å². The van der Waals surface area contributed by atoms with Crippen molar-refractivity contribution in [3.63, 3.8) is 0 Å². The number of hydrogen-bond acceptors (Lipinski definition) is 4. The Hall–Kier alpha value is -1.10. The Balaban J connectivity index is 2.37. The van der Waals surface area contributed by atoms with Crippen LogP contribution in [-0.4, -0.2) is 35.2 Å². The van der Waals surface area contributed by atoms with Crippen LogP contribution in [-0.2, 0) is 14.4 Å². The third kappa shape index (κ3) is 4.00. The van der Waals surface area contributed by atoms with E-state index in [9.17, 15) is 9.59 Å². The Labute approximate surface area is 102 Å². The second-order valence-electron chi connectivity index (χ2n) is 4.67. The van der Waals surface area contributed by atoms with Gasteiger partial charge >= 0.3 is 11.9 Å². The molecule has 1 heterocycles. The first-order valence-electron chi connectivity index (χ1n) is 6.19. The van der Waals surface area contributed by atoms with E-state index in [0.29, 0.717) is 18.5 Å². The van der Waals surface area contributed by atoms with Crippen LogP contribution in [0.4, 0.5) is 0 Å². The molecule has 0 amide bonds. The van der Waals surface area contributed by atoms with Crippen molar-refractivity contribution in [2.24, 2.45) is 5.41 Å². The predicted octanol–water partition coefficient (Wildman–Crippen LogP) is 1.82. The first-order chi connectivity index (χ1) is 8.01. The summed E-state index contributed by atoms with van der Waals surface area (Å²) in [4.78, 5) is 26.5. The van der Waals surface area contributed by atoms with Gasteiger partial charge in [0.05, 0.1) is 0 Å². The molecule has 0 aromatic rings. The average Bonchev–Trinajstić information content (AvgIpc) is 2.29. The van der Waals surface area contributed by atoms with E-state index in [2.05, 4.69) is 13.8 Å². The zero-order valence-electron chi connectivity index (χ0n) is 10.6. The van der Waals surface area contributed by atoms with E-state index in [1.54, 1.807) is 5.06 Å². The maximum absolute atomic E-state index is 11.2. The maximum Gasteiger partial charge on any atom is 0.336 e. The van der Waals surface area contributed by atoms with Crippen LogP contribution in [0.5, 0.6) is 0 Å². The second-order valence-corrected chi connectivity index (χ2v) is 4.67. The number of carboxylic acid groups (broad SMARTS) is 1. The van der Waals surface area contributed by atoms with Gasteiger partial charge in [-0.2, -0.15) is 0 Å². The van der Waals surface area contributed by atoms with E-state index < -0.39 is 18.4 Å². The number of rotatable bonds is 5. The Morgan fingerprint density at radius 2 is 1.76 bits per heavy atom. The zero-order valence-corrected chi connectivity index (χ0v) is 10.6. The van der Waals surface area contributed by atoms with Gasteiger partial charge in [0.15, 0.2) is 0 Å². The van der Waals surface area contributed by atoms with Crippen LogP contribution in [0.15, 0.2) is 0 Å². The fraction of sp³-hybridized carbons (Fsp3) is 0.833. The molecule has 1 saturated heterocycles. The molecule has 1 N–H and O–H groups in total. The molecule has 0 radical (unpaired) electrons. The van der Waals surface area contributed by atoms with E-state index in [1.165, 1.54) is 0 Å². The summed E-state index contributed by atoms with van der Waals surface area (Å²) in [5, 5.41) is 10.0. The molecule has 1 aliphatic heterocycles. The zero-order chi connectivity index (χ0) is 12.9. The standard InChI is InChI=1S/C12H21NO4/c1-3-12(4-2)5-7-13(8-6-12)17-11(16)9-10(14)15/h3-9H2,1-2H3,(H,14,15). The summed E-state index contributed by atoms with van der Waals surface area (Å²) in [7, 11) is 0. The monoisotopic (exact) mass is 243 g/mol. The van der Waals surface area contributed by atoms with Gasteiger partial charge in [0, 0.05) is 13.1 Å². The minimum Gasteiger partial charge on any atom is -0.481 e. The van der Waals surface area contributed by atoms with Crippen LogP contribution in [0.3, 0.4) is 0 Å². The maximum atomic E-state index is 11.2. The van der Waals surface area contributed by atoms with E-state index in [0.717, 1.165) is 25.7 Å². The highest BCUT2D eigenvalue weighted by atomic mass is 16.7. The molecule has 5 nitrogen and oxygen atoms in total. The Morgan fingerprint density at radius 1 is 1.24 bits per heavy atom. The van der Waals surface area contributed by atoms with Crippen molar-refractivity contribution in [3.05, 3.63) is 0 Å². The number of hydrogen-bond donors (Lipinski definition) is 1. The van der Waals surface area contributed by atoms with Crippen molar-refractivity contribution in [3.8, 4) is 0 Å². The third-order valence-electron chi connectivity index (χ3n) is 3.81. The minimum absolute atomic E-state index is 0.371. The summed E-state index contributed by atoms with van der Waals surface area (Å²) < 4.78 is 0. The summed E-state index contributed by atoms with van der Waals surface area (Å²) in [6.45, 7) is 5.78. The van der Waals surface area contributed by atoms with Gasteiger partial charge in [-0.3, -0.25) is 4.79 Å². The highest BCUT2D eigenvalue weighted by Gasteiger charge is 2.32. The fourth-order valence-corrected chi connectivity index (χ4v) is 2.31. The summed E-state index contributed by atoms with van der Waals surface area (Å²) in [6.07, 6.45) is 3.71. The molecule has 1 aliphatic rings. The van der Waals surface area contributed by atoms with Crippen molar-refractivity contribution in [2.45, 2.75) is 46.0 Å². The molecule has 0 saturated carbocycles. The second kappa shape index (κ2) is 6.00.